The summed E-state index contributed by atoms with van der Waals surface area (Å²) in [6.07, 6.45) is -0.747. The number of benzene rings is 2. The Kier molecular flexibility index (Phi) is 7.21. The van der Waals surface area contributed by atoms with Crippen molar-refractivity contribution in [3.8, 4) is 6.07 Å². The van der Waals surface area contributed by atoms with Gasteiger partial charge in [0.15, 0.2) is 0 Å². The van der Waals surface area contributed by atoms with Gasteiger partial charge in [-0.05, 0) is 49.2 Å². The fourth-order valence-corrected chi connectivity index (χ4v) is 3.92. The van der Waals surface area contributed by atoms with Gasteiger partial charge in [-0.1, -0.05) is 19.3 Å². The molecule has 2 N–H and O–H groups in total. The predicted molar refractivity (Wildman–Crippen MR) is 115 cm³/mol. The Morgan fingerprint density at radius 1 is 1.06 bits per heavy atom. The van der Waals surface area contributed by atoms with Gasteiger partial charge in [0.1, 0.15) is 5.82 Å². The Morgan fingerprint density at radius 3 is 2.33 bits per heavy atom. The Morgan fingerprint density at radius 2 is 1.76 bits per heavy atom. The molecule has 1 aliphatic carbocycles. The van der Waals surface area contributed by atoms with E-state index in [-0.39, 0.29) is 23.1 Å². The van der Waals surface area contributed by atoms with Gasteiger partial charge >= 0.3 is 12.2 Å². The van der Waals surface area contributed by atoms with E-state index < -0.39 is 35.1 Å². The molecule has 3 amide bonds. The van der Waals surface area contributed by atoms with Crippen molar-refractivity contribution in [2.75, 3.05) is 15.5 Å². The highest BCUT2D eigenvalue weighted by atomic mass is 19.4. The maximum atomic E-state index is 14.6. The third-order valence-corrected chi connectivity index (χ3v) is 5.40. The first kappa shape index (κ1) is 24.0. The average molecular weight is 462 g/mol. The fraction of sp³-hybridized carbons (Fsp3) is 0.348. The fourth-order valence-electron chi connectivity index (χ4n) is 3.92. The Bertz CT molecular complexity index is 1090. The highest BCUT2D eigenvalue weighted by Gasteiger charge is 2.34. The minimum Gasteiger partial charge on any atom is -0.324 e. The zero-order chi connectivity index (χ0) is 24.2. The first-order valence-electron chi connectivity index (χ1n) is 10.4. The quantitative estimate of drug-likeness (QED) is 0.543. The number of rotatable bonds is 4. The van der Waals surface area contributed by atoms with Crippen LogP contribution in [0.4, 0.5) is 39.4 Å². The molecule has 0 saturated heterocycles. The molecule has 6 nitrogen and oxygen atoms in total. The van der Waals surface area contributed by atoms with Crippen molar-refractivity contribution >= 4 is 29.0 Å². The Hall–Kier alpha value is -3.61. The molecule has 33 heavy (non-hydrogen) atoms. The number of nitriles is 1. The van der Waals surface area contributed by atoms with Crippen molar-refractivity contribution in [1.29, 1.82) is 5.26 Å². The van der Waals surface area contributed by atoms with E-state index >= 15 is 0 Å². The number of nitrogens with one attached hydrogen (secondary N) is 2. The maximum absolute atomic E-state index is 14.6. The molecule has 1 aliphatic rings. The van der Waals surface area contributed by atoms with Crippen LogP contribution < -0.4 is 15.5 Å². The summed E-state index contributed by atoms with van der Waals surface area (Å²) in [7, 11) is 0. The van der Waals surface area contributed by atoms with E-state index in [2.05, 4.69) is 10.6 Å². The van der Waals surface area contributed by atoms with E-state index in [0.717, 1.165) is 31.4 Å². The molecule has 0 aromatic heterocycles. The van der Waals surface area contributed by atoms with Gasteiger partial charge in [-0.2, -0.15) is 18.4 Å². The second kappa shape index (κ2) is 9.90. The summed E-state index contributed by atoms with van der Waals surface area (Å²) in [5, 5.41) is 13.8. The van der Waals surface area contributed by atoms with E-state index in [1.807, 2.05) is 0 Å². The molecule has 1 saturated carbocycles. The van der Waals surface area contributed by atoms with E-state index in [1.54, 1.807) is 0 Å². The molecule has 0 bridgehead atoms. The summed E-state index contributed by atoms with van der Waals surface area (Å²) < 4.78 is 54.4. The topological polar surface area (TPSA) is 85.2 Å². The van der Waals surface area contributed by atoms with Crippen molar-refractivity contribution in [1.82, 2.24) is 0 Å². The van der Waals surface area contributed by atoms with Gasteiger partial charge in [0.05, 0.1) is 22.9 Å². The van der Waals surface area contributed by atoms with Crippen molar-refractivity contribution in [3.63, 3.8) is 0 Å². The number of alkyl halides is 3. The number of hydrogen-bond donors (Lipinski definition) is 2. The van der Waals surface area contributed by atoms with Crippen LogP contribution in [0.3, 0.4) is 0 Å². The summed E-state index contributed by atoms with van der Waals surface area (Å²) in [6.45, 7) is 1.24. The average Bonchev–Trinajstić information content (AvgIpc) is 2.75. The van der Waals surface area contributed by atoms with Crippen molar-refractivity contribution in [2.45, 2.75) is 51.2 Å². The van der Waals surface area contributed by atoms with Crippen LogP contribution in [0.25, 0.3) is 0 Å². The lowest BCUT2D eigenvalue weighted by molar-refractivity contribution is -0.137. The van der Waals surface area contributed by atoms with Gasteiger partial charge in [0.25, 0.3) is 0 Å². The van der Waals surface area contributed by atoms with Crippen LogP contribution in [0, 0.1) is 17.1 Å². The Balaban J connectivity index is 1.94. The van der Waals surface area contributed by atoms with Gasteiger partial charge in [-0.3, -0.25) is 9.69 Å². The van der Waals surface area contributed by atoms with E-state index in [4.69, 9.17) is 5.26 Å². The Labute approximate surface area is 188 Å². The van der Waals surface area contributed by atoms with Crippen LogP contribution in [-0.2, 0) is 11.0 Å². The van der Waals surface area contributed by atoms with Gasteiger partial charge in [-0.15, -0.1) is 0 Å². The summed E-state index contributed by atoms with van der Waals surface area (Å²) in [4.78, 5) is 25.8. The lowest BCUT2D eigenvalue weighted by Gasteiger charge is -2.34. The highest BCUT2D eigenvalue weighted by molar-refractivity contribution is 6.02. The summed E-state index contributed by atoms with van der Waals surface area (Å²) in [6, 6.07) is 7.33. The maximum Gasteiger partial charge on any atom is 0.417 e. The number of urea groups is 1. The minimum absolute atomic E-state index is 0.0443. The van der Waals surface area contributed by atoms with Crippen LogP contribution in [-0.4, -0.2) is 18.0 Å². The number of nitrogens with zero attached hydrogens (tertiary/aromatic N) is 2. The molecule has 0 heterocycles. The molecular formula is C23H22F4N4O2. The van der Waals surface area contributed by atoms with Gasteiger partial charge < -0.3 is 10.6 Å². The number of anilines is 3. The number of amides is 3. The predicted octanol–water partition coefficient (Wildman–Crippen LogP) is 6.05. The molecule has 2 aromatic carbocycles. The normalized spacial score (nSPS) is 14.3. The zero-order valence-electron chi connectivity index (χ0n) is 17.8. The summed E-state index contributed by atoms with van der Waals surface area (Å²) in [5.74, 6) is -1.20. The summed E-state index contributed by atoms with van der Waals surface area (Å²) in [5.41, 5.74) is -1.67. The standard InChI is InChI=1S/C23H22F4N4O2/c1-14(32)29-21-10-9-18(12-20(21)24)31(17-5-3-2-4-6-17)22(33)30-16-8-7-15(13-28)19(11-16)23(25,26)27/h7-12,17H,2-6H2,1H3,(H,29,32)(H,30,33). The van der Waals surface area contributed by atoms with Gasteiger partial charge in [-0.25, -0.2) is 9.18 Å². The van der Waals surface area contributed by atoms with Crippen LogP contribution >= 0.6 is 0 Å². The van der Waals surface area contributed by atoms with Crippen LogP contribution in [0.5, 0.6) is 0 Å². The molecule has 10 heteroatoms. The third-order valence-electron chi connectivity index (χ3n) is 5.40. The SMILES string of the molecule is CC(=O)Nc1ccc(N(C(=O)Nc2ccc(C#N)c(C(F)(F)F)c2)C2CCCCC2)cc1F. The second-order valence-electron chi connectivity index (χ2n) is 7.81. The van der Waals surface area contributed by atoms with Crippen LogP contribution in [0.1, 0.15) is 50.2 Å². The van der Waals surface area contributed by atoms with Crippen LogP contribution in [0.15, 0.2) is 36.4 Å². The van der Waals surface area contributed by atoms with E-state index in [0.29, 0.717) is 18.9 Å². The molecule has 2 aromatic rings. The highest BCUT2D eigenvalue weighted by Crippen LogP contribution is 2.34. The molecule has 0 aliphatic heterocycles. The third kappa shape index (κ3) is 5.80. The van der Waals surface area contributed by atoms with Crippen molar-refractivity contribution < 1.29 is 27.2 Å². The van der Waals surface area contributed by atoms with Crippen molar-refractivity contribution in [3.05, 3.63) is 53.3 Å². The van der Waals surface area contributed by atoms with Crippen molar-refractivity contribution in [2.24, 2.45) is 0 Å². The number of carbonyl (C=O) groups excluding carboxylic acids is 2. The smallest absolute Gasteiger partial charge is 0.324 e. The molecular weight excluding hydrogens is 440 g/mol. The lowest BCUT2D eigenvalue weighted by Crippen LogP contribution is -2.44. The zero-order valence-corrected chi connectivity index (χ0v) is 17.8. The molecule has 0 unspecified atom stereocenters. The first-order valence-corrected chi connectivity index (χ1v) is 10.4. The molecule has 1 fully saturated rings. The monoisotopic (exact) mass is 462 g/mol. The van der Waals surface area contributed by atoms with Gasteiger partial charge in [0.2, 0.25) is 5.91 Å². The first-order chi connectivity index (χ1) is 15.6. The lowest BCUT2D eigenvalue weighted by atomic mass is 9.94. The minimum atomic E-state index is -4.77. The number of carbonyl (C=O) groups is 2. The second-order valence-corrected chi connectivity index (χ2v) is 7.81. The van der Waals surface area contributed by atoms with Gasteiger partial charge in [0, 0.05) is 24.3 Å². The molecule has 0 spiro atoms. The van der Waals surface area contributed by atoms with E-state index in [1.165, 1.54) is 36.1 Å². The molecule has 0 radical (unpaired) electrons. The molecule has 3 rings (SSSR count). The number of halogens is 4. The van der Waals surface area contributed by atoms with Crippen LogP contribution in [0.2, 0.25) is 0 Å². The van der Waals surface area contributed by atoms with E-state index in [9.17, 15) is 27.2 Å². The molecule has 174 valence electrons. The molecule has 0 atom stereocenters. The largest absolute Gasteiger partial charge is 0.417 e. The number of hydrogen-bond acceptors (Lipinski definition) is 3. The summed E-state index contributed by atoms with van der Waals surface area (Å²) >= 11 is 0.